The summed E-state index contributed by atoms with van der Waals surface area (Å²) in [6, 6.07) is 2.34. The van der Waals surface area contributed by atoms with Gasteiger partial charge in [-0.25, -0.2) is 0 Å². The molecule has 0 saturated carbocycles. The predicted molar refractivity (Wildman–Crippen MR) is 68.5 cm³/mol. The Kier molecular flexibility index (Phi) is 3.64. The molecule has 0 atom stereocenters. The maximum Gasteiger partial charge on any atom is 0.534 e. The molecular weight excluding hydrogens is 311 g/mol. The van der Waals surface area contributed by atoms with E-state index in [1.54, 1.807) is 6.92 Å². The van der Waals surface area contributed by atoms with Crippen molar-refractivity contribution in [3.63, 3.8) is 0 Å². The second-order valence-electron chi connectivity index (χ2n) is 4.67. The minimum atomic E-state index is -5.73. The van der Waals surface area contributed by atoms with Crippen molar-refractivity contribution in [2.24, 2.45) is 0 Å². The lowest BCUT2D eigenvalue weighted by atomic mass is 9.97. The summed E-state index contributed by atoms with van der Waals surface area (Å²) in [5.41, 5.74) is -3.79. The van der Waals surface area contributed by atoms with E-state index in [4.69, 9.17) is 0 Å². The molecule has 1 amide bonds. The quantitative estimate of drug-likeness (QED) is 0.618. The fourth-order valence-corrected chi connectivity index (χ4v) is 2.59. The van der Waals surface area contributed by atoms with Gasteiger partial charge in [-0.05, 0) is 30.5 Å². The molecule has 5 nitrogen and oxygen atoms in total. The number of fused-ring (bicyclic) bond motifs is 1. The van der Waals surface area contributed by atoms with E-state index in [1.807, 2.05) is 0 Å². The van der Waals surface area contributed by atoms with Crippen LogP contribution in [-0.2, 0) is 21.3 Å². The van der Waals surface area contributed by atoms with Crippen molar-refractivity contribution in [1.82, 2.24) is 0 Å². The van der Waals surface area contributed by atoms with Gasteiger partial charge < -0.3 is 9.08 Å². The number of amides is 1. The van der Waals surface area contributed by atoms with Gasteiger partial charge in [-0.2, -0.15) is 21.6 Å². The Morgan fingerprint density at radius 2 is 1.86 bits per heavy atom. The number of carbonyl (C=O) groups is 1. The van der Waals surface area contributed by atoms with Crippen molar-refractivity contribution >= 4 is 21.7 Å². The predicted octanol–water partition coefficient (Wildman–Crippen LogP) is 2.13. The highest BCUT2D eigenvalue weighted by Crippen LogP contribution is 2.35. The van der Waals surface area contributed by atoms with Crippen molar-refractivity contribution in [3.8, 4) is 5.75 Å². The van der Waals surface area contributed by atoms with Crippen molar-refractivity contribution in [1.29, 1.82) is 0 Å². The van der Waals surface area contributed by atoms with E-state index in [1.165, 1.54) is 18.0 Å². The van der Waals surface area contributed by atoms with E-state index in [0.29, 0.717) is 24.1 Å². The molecule has 1 aromatic rings. The number of alkyl halides is 3. The third kappa shape index (κ3) is 2.82. The van der Waals surface area contributed by atoms with Crippen LogP contribution in [0.2, 0.25) is 0 Å². The first kappa shape index (κ1) is 15.6. The van der Waals surface area contributed by atoms with Crippen LogP contribution >= 0.6 is 0 Å². The highest BCUT2D eigenvalue weighted by molar-refractivity contribution is 7.88. The number of nitrogens with zero attached hydrogens (tertiary/aromatic N) is 1. The molecule has 0 N–H and O–H groups in total. The van der Waals surface area contributed by atoms with Gasteiger partial charge in [0.05, 0.1) is 5.69 Å². The standard InChI is InChI=1S/C12H12F3NO4S/c1-7-5-8(20-21(18,19)12(13,14)15)6-10-9(7)3-4-11(17)16(10)2/h5-6H,3-4H2,1-2H3. The van der Waals surface area contributed by atoms with E-state index in [9.17, 15) is 26.4 Å². The van der Waals surface area contributed by atoms with Gasteiger partial charge in [0, 0.05) is 19.5 Å². The van der Waals surface area contributed by atoms with Crippen LogP contribution in [0.1, 0.15) is 17.5 Å². The third-order valence-corrected chi connectivity index (χ3v) is 4.22. The number of hydrogen-bond acceptors (Lipinski definition) is 4. The summed E-state index contributed by atoms with van der Waals surface area (Å²) in [6.45, 7) is 1.62. The number of aryl methyl sites for hydroxylation is 1. The zero-order valence-electron chi connectivity index (χ0n) is 11.2. The molecule has 1 aliphatic rings. The average Bonchev–Trinajstić information content (AvgIpc) is 2.32. The monoisotopic (exact) mass is 323 g/mol. The van der Waals surface area contributed by atoms with Gasteiger partial charge >= 0.3 is 15.6 Å². The van der Waals surface area contributed by atoms with Crippen LogP contribution in [0.4, 0.5) is 18.9 Å². The molecule has 0 aliphatic carbocycles. The van der Waals surface area contributed by atoms with Crippen molar-refractivity contribution in [2.45, 2.75) is 25.3 Å². The fraction of sp³-hybridized carbons (Fsp3) is 0.417. The first-order chi connectivity index (χ1) is 9.53. The molecule has 0 aromatic heterocycles. The molecule has 1 heterocycles. The Morgan fingerprint density at radius 1 is 1.24 bits per heavy atom. The Labute approximate surface area is 119 Å². The van der Waals surface area contributed by atoms with E-state index in [2.05, 4.69) is 4.18 Å². The maximum atomic E-state index is 12.3. The summed E-state index contributed by atoms with van der Waals surface area (Å²) >= 11 is 0. The smallest absolute Gasteiger partial charge is 0.376 e. The average molecular weight is 323 g/mol. The van der Waals surface area contributed by atoms with Gasteiger partial charge in [-0.15, -0.1) is 0 Å². The number of benzene rings is 1. The van der Waals surface area contributed by atoms with Gasteiger partial charge in [0.2, 0.25) is 5.91 Å². The minimum absolute atomic E-state index is 0.197. The topological polar surface area (TPSA) is 63.7 Å². The van der Waals surface area contributed by atoms with E-state index in [0.717, 1.165) is 11.6 Å². The lowest BCUT2D eigenvalue weighted by molar-refractivity contribution is -0.118. The Bertz CT molecular complexity index is 697. The third-order valence-electron chi connectivity index (χ3n) is 3.24. The Balaban J connectivity index is 2.45. The highest BCUT2D eigenvalue weighted by Gasteiger charge is 2.48. The molecule has 0 saturated heterocycles. The van der Waals surface area contributed by atoms with Crippen LogP contribution in [0.25, 0.3) is 0 Å². The van der Waals surface area contributed by atoms with E-state index >= 15 is 0 Å². The molecule has 0 bridgehead atoms. The summed E-state index contributed by atoms with van der Waals surface area (Å²) in [5.74, 6) is -0.664. The van der Waals surface area contributed by atoms with Crippen LogP contribution in [0.5, 0.6) is 5.75 Å². The summed E-state index contributed by atoms with van der Waals surface area (Å²) in [6.07, 6.45) is 0.752. The number of carbonyl (C=O) groups excluding carboxylic acids is 1. The number of anilines is 1. The summed E-state index contributed by atoms with van der Waals surface area (Å²) in [4.78, 5) is 12.9. The summed E-state index contributed by atoms with van der Waals surface area (Å²) in [5, 5.41) is 0. The Morgan fingerprint density at radius 3 is 2.43 bits per heavy atom. The van der Waals surface area contributed by atoms with Crippen LogP contribution in [0.3, 0.4) is 0 Å². The fourth-order valence-electron chi connectivity index (χ4n) is 2.15. The summed E-state index contributed by atoms with van der Waals surface area (Å²) < 4.78 is 63.1. The molecule has 9 heteroatoms. The van der Waals surface area contributed by atoms with Crippen LogP contribution in [-0.4, -0.2) is 26.9 Å². The van der Waals surface area contributed by atoms with Crippen LogP contribution in [0.15, 0.2) is 12.1 Å². The lowest BCUT2D eigenvalue weighted by Crippen LogP contribution is -2.32. The molecule has 21 heavy (non-hydrogen) atoms. The zero-order chi connectivity index (χ0) is 16.0. The van der Waals surface area contributed by atoms with Gasteiger partial charge in [-0.1, -0.05) is 0 Å². The van der Waals surface area contributed by atoms with Crippen LogP contribution < -0.4 is 9.08 Å². The van der Waals surface area contributed by atoms with Gasteiger partial charge in [0.25, 0.3) is 0 Å². The van der Waals surface area contributed by atoms with Gasteiger partial charge in [0.1, 0.15) is 5.75 Å². The number of hydrogen-bond donors (Lipinski definition) is 0. The number of rotatable bonds is 2. The highest BCUT2D eigenvalue weighted by atomic mass is 32.2. The maximum absolute atomic E-state index is 12.3. The minimum Gasteiger partial charge on any atom is -0.376 e. The van der Waals surface area contributed by atoms with Crippen molar-refractivity contribution in [3.05, 3.63) is 23.3 Å². The lowest BCUT2D eigenvalue weighted by Gasteiger charge is -2.27. The SMILES string of the molecule is Cc1cc(OS(=O)(=O)C(F)(F)F)cc2c1CCC(=O)N2C. The molecule has 1 aromatic carbocycles. The van der Waals surface area contributed by atoms with Crippen molar-refractivity contribution < 1.29 is 30.6 Å². The summed E-state index contributed by atoms with van der Waals surface area (Å²) in [7, 11) is -4.25. The molecule has 0 radical (unpaired) electrons. The molecule has 0 fully saturated rings. The molecule has 0 unspecified atom stereocenters. The van der Waals surface area contributed by atoms with Crippen LogP contribution in [0, 0.1) is 6.92 Å². The first-order valence-electron chi connectivity index (χ1n) is 5.94. The first-order valence-corrected chi connectivity index (χ1v) is 7.34. The normalized spacial score (nSPS) is 15.9. The van der Waals surface area contributed by atoms with Gasteiger partial charge in [-0.3, -0.25) is 4.79 Å². The largest absolute Gasteiger partial charge is 0.534 e. The van der Waals surface area contributed by atoms with E-state index < -0.39 is 21.4 Å². The molecule has 0 spiro atoms. The second-order valence-corrected chi connectivity index (χ2v) is 6.21. The molecule has 116 valence electrons. The molecular formula is C12H12F3NO4S. The molecule has 1 aliphatic heterocycles. The molecule has 2 rings (SSSR count). The van der Waals surface area contributed by atoms with Gasteiger partial charge in [0.15, 0.2) is 0 Å². The second kappa shape index (κ2) is 4.90. The zero-order valence-corrected chi connectivity index (χ0v) is 12.0. The van der Waals surface area contributed by atoms with Crippen molar-refractivity contribution in [2.75, 3.05) is 11.9 Å². The number of halogens is 3. The van der Waals surface area contributed by atoms with E-state index in [-0.39, 0.29) is 5.91 Å². The Hall–Kier alpha value is -1.77.